The third kappa shape index (κ3) is 6.72. The van der Waals surface area contributed by atoms with E-state index in [0.29, 0.717) is 17.1 Å². The maximum Gasteiger partial charge on any atom is 0.242 e. The highest BCUT2D eigenvalue weighted by atomic mass is 35.5. The lowest BCUT2D eigenvalue weighted by Crippen LogP contribution is -2.50. The number of amides is 2. The molecule has 0 spiro atoms. The summed E-state index contributed by atoms with van der Waals surface area (Å²) in [7, 11) is 0. The van der Waals surface area contributed by atoms with Crippen molar-refractivity contribution in [3.05, 3.63) is 70.0 Å². The van der Waals surface area contributed by atoms with E-state index in [0.717, 1.165) is 36.8 Å². The quantitative estimate of drug-likeness (QED) is 0.520. The first-order valence-electron chi connectivity index (χ1n) is 11.0. The second-order valence-electron chi connectivity index (χ2n) is 8.37. The summed E-state index contributed by atoms with van der Waals surface area (Å²) >= 11 is 7.40. The van der Waals surface area contributed by atoms with Crippen molar-refractivity contribution in [1.29, 1.82) is 0 Å². The lowest BCUT2D eigenvalue weighted by molar-refractivity contribution is -0.138. The van der Waals surface area contributed by atoms with E-state index < -0.39 is 6.04 Å². The molecule has 4 nitrogen and oxygen atoms in total. The van der Waals surface area contributed by atoms with Gasteiger partial charge in [-0.2, -0.15) is 0 Å². The number of thioether (sulfide) groups is 1. The topological polar surface area (TPSA) is 49.4 Å². The molecule has 7 heteroatoms. The molecule has 1 atom stereocenters. The first kappa shape index (κ1) is 24.6. The Kier molecular flexibility index (Phi) is 9.00. The zero-order chi connectivity index (χ0) is 23.1. The minimum absolute atomic E-state index is 0.125. The molecule has 3 rings (SSSR count). The first-order valence-corrected chi connectivity index (χ1v) is 12.5. The van der Waals surface area contributed by atoms with Gasteiger partial charge in [-0.15, -0.1) is 11.8 Å². The molecule has 32 heavy (non-hydrogen) atoms. The van der Waals surface area contributed by atoms with Crippen LogP contribution < -0.4 is 5.32 Å². The minimum atomic E-state index is -0.595. The van der Waals surface area contributed by atoms with E-state index in [4.69, 9.17) is 11.6 Å². The number of nitrogens with one attached hydrogen (secondary N) is 1. The molecule has 1 fully saturated rings. The molecule has 1 unspecified atom stereocenters. The second-order valence-corrected chi connectivity index (χ2v) is 9.76. The Morgan fingerprint density at radius 3 is 2.53 bits per heavy atom. The predicted octanol–water partition coefficient (Wildman–Crippen LogP) is 5.50. The van der Waals surface area contributed by atoms with Gasteiger partial charge in [0.2, 0.25) is 11.8 Å². The second kappa shape index (κ2) is 11.7. The summed E-state index contributed by atoms with van der Waals surface area (Å²) in [5, 5.41) is 3.45. The van der Waals surface area contributed by atoms with Crippen LogP contribution in [0.15, 0.2) is 42.5 Å². The van der Waals surface area contributed by atoms with Crippen molar-refractivity contribution in [2.45, 2.75) is 63.9 Å². The molecule has 1 saturated carbocycles. The van der Waals surface area contributed by atoms with E-state index in [1.807, 2.05) is 31.2 Å². The predicted molar refractivity (Wildman–Crippen MR) is 129 cm³/mol. The number of aryl methyl sites for hydroxylation is 1. The normalized spacial score (nSPS) is 14.9. The fourth-order valence-corrected chi connectivity index (χ4v) is 5.11. The Hall–Kier alpha value is -2.05. The van der Waals surface area contributed by atoms with E-state index in [1.165, 1.54) is 17.8 Å². The third-order valence-electron chi connectivity index (χ3n) is 5.88. The Labute approximate surface area is 198 Å². The lowest BCUT2D eigenvalue weighted by Gasteiger charge is -2.29. The van der Waals surface area contributed by atoms with Crippen LogP contribution in [0.3, 0.4) is 0 Å². The van der Waals surface area contributed by atoms with Crippen molar-refractivity contribution in [2.24, 2.45) is 0 Å². The van der Waals surface area contributed by atoms with Crippen LogP contribution in [0, 0.1) is 12.7 Å². The van der Waals surface area contributed by atoms with Crippen LogP contribution in [-0.2, 0) is 21.9 Å². The zero-order valence-corrected chi connectivity index (χ0v) is 20.1. The van der Waals surface area contributed by atoms with Crippen LogP contribution >= 0.6 is 23.4 Å². The first-order chi connectivity index (χ1) is 15.3. The van der Waals surface area contributed by atoms with Gasteiger partial charge in [0.05, 0.1) is 5.75 Å². The van der Waals surface area contributed by atoms with Crippen LogP contribution in [-0.4, -0.2) is 34.6 Å². The van der Waals surface area contributed by atoms with Crippen molar-refractivity contribution in [2.75, 3.05) is 5.75 Å². The summed E-state index contributed by atoms with van der Waals surface area (Å²) in [6, 6.07) is 12.1. The molecule has 0 aliphatic heterocycles. The van der Waals surface area contributed by atoms with Gasteiger partial charge >= 0.3 is 0 Å². The van der Waals surface area contributed by atoms with E-state index in [9.17, 15) is 14.0 Å². The zero-order valence-electron chi connectivity index (χ0n) is 18.6. The standard InChI is InChI=1S/C25H30ClFN2O2S/c1-17-10-12-19(13-11-17)14-29(18(2)25(31)28-20-6-3-4-7-20)24(30)16-32-15-21-22(26)8-5-9-23(21)27/h5,8-13,18,20H,3-4,6-7,14-16H2,1-2H3,(H,28,31). The number of carbonyl (C=O) groups excluding carboxylic acids is 2. The highest BCUT2D eigenvalue weighted by molar-refractivity contribution is 7.99. The van der Waals surface area contributed by atoms with E-state index >= 15 is 0 Å². The minimum Gasteiger partial charge on any atom is -0.352 e. The highest BCUT2D eigenvalue weighted by Crippen LogP contribution is 2.25. The molecule has 2 amide bonds. The molecule has 0 radical (unpaired) electrons. The van der Waals surface area contributed by atoms with E-state index in [2.05, 4.69) is 5.32 Å². The van der Waals surface area contributed by atoms with Crippen molar-refractivity contribution < 1.29 is 14.0 Å². The van der Waals surface area contributed by atoms with Crippen LogP contribution in [0.2, 0.25) is 5.02 Å². The molecule has 1 aliphatic carbocycles. The monoisotopic (exact) mass is 476 g/mol. The largest absolute Gasteiger partial charge is 0.352 e. The van der Waals surface area contributed by atoms with Gasteiger partial charge in [-0.3, -0.25) is 9.59 Å². The average Bonchev–Trinajstić information content (AvgIpc) is 3.27. The summed E-state index contributed by atoms with van der Waals surface area (Å²) in [6.07, 6.45) is 4.23. The van der Waals surface area contributed by atoms with Crippen LogP contribution in [0.5, 0.6) is 0 Å². The van der Waals surface area contributed by atoms with Crippen LogP contribution in [0.25, 0.3) is 0 Å². The summed E-state index contributed by atoms with van der Waals surface area (Å²) in [6.45, 7) is 4.13. The summed E-state index contributed by atoms with van der Waals surface area (Å²) in [4.78, 5) is 27.7. The Morgan fingerprint density at radius 1 is 1.19 bits per heavy atom. The molecular weight excluding hydrogens is 447 g/mol. The third-order valence-corrected chi connectivity index (χ3v) is 7.17. The van der Waals surface area contributed by atoms with Gasteiger partial charge in [0, 0.05) is 28.9 Å². The van der Waals surface area contributed by atoms with Crippen molar-refractivity contribution in [1.82, 2.24) is 10.2 Å². The SMILES string of the molecule is Cc1ccc(CN(C(=O)CSCc2c(F)cccc2Cl)C(C)C(=O)NC2CCCC2)cc1. The fraction of sp³-hybridized carbons (Fsp3) is 0.440. The molecule has 0 saturated heterocycles. The van der Waals surface area contributed by atoms with Crippen molar-refractivity contribution in [3.8, 4) is 0 Å². The molecule has 2 aromatic rings. The molecule has 1 N–H and O–H groups in total. The van der Waals surface area contributed by atoms with E-state index in [1.54, 1.807) is 24.0 Å². The fourth-order valence-electron chi connectivity index (χ4n) is 3.86. The molecule has 172 valence electrons. The van der Waals surface area contributed by atoms with Crippen molar-refractivity contribution in [3.63, 3.8) is 0 Å². The summed E-state index contributed by atoms with van der Waals surface area (Å²) in [5.41, 5.74) is 2.49. The number of carbonyl (C=O) groups is 2. The molecule has 0 heterocycles. The molecule has 2 aromatic carbocycles. The maximum atomic E-state index is 14.0. The van der Waals surface area contributed by atoms with Crippen LogP contribution in [0.4, 0.5) is 4.39 Å². The summed E-state index contributed by atoms with van der Waals surface area (Å²) in [5.74, 6) is -0.231. The molecule has 1 aliphatic rings. The number of rotatable bonds is 9. The Morgan fingerprint density at radius 2 is 1.88 bits per heavy atom. The Balaban J connectivity index is 1.67. The van der Waals surface area contributed by atoms with Gasteiger partial charge in [-0.1, -0.05) is 60.3 Å². The number of hydrogen-bond donors (Lipinski definition) is 1. The molecule has 0 aromatic heterocycles. The molecular formula is C25H30ClFN2O2S. The number of nitrogens with zero attached hydrogens (tertiary/aromatic N) is 1. The van der Waals surface area contributed by atoms with Gasteiger partial charge in [0.25, 0.3) is 0 Å². The Bertz CT molecular complexity index is 912. The van der Waals surface area contributed by atoms with Crippen molar-refractivity contribution >= 4 is 35.2 Å². The maximum absolute atomic E-state index is 14.0. The van der Waals surface area contributed by atoms with Crippen LogP contribution in [0.1, 0.15) is 49.3 Å². The lowest BCUT2D eigenvalue weighted by atomic mass is 10.1. The van der Waals surface area contributed by atoms with Gasteiger partial charge in [0.1, 0.15) is 11.9 Å². The van der Waals surface area contributed by atoms with Gasteiger partial charge in [-0.05, 0) is 44.4 Å². The summed E-state index contributed by atoms with van der Waals surface area (Å²) < 4.78 is 14.0. The number of hydrogen-bond acceptors (Lipinski definition) is 3. The highest BCUT2D eigenvalue weighted by Gasteiger charge is 2.28. The van der Waals surface area contributed by atoms with E-state index in [-0.39, 0.29) is 35.2 Å². The average molecular weight is 477 g/mol. The van der Waals surface area contributed by atoms with Gasteiger partial charge < -0.3 is 10.2 Å². The smallest absolute Gasteiger partial charge is 0.242 e. The number of benzene rings is 2. The van der Waals surface area contributed by atoms with Gasteiger partial charge in [0.15, 0.2) is 0 Å². The number of halogens is 2. The van der Waals surface area contributed by atoms with Gasteiger partial charge in [-0.25, -0.2) is 4.39 Å². The molecule has 0 bridgehead atoms.